The van der Waals surface area contributed by atoms with E-state index in [9.17, 15) is 19.5 Å². The second kappa shape index (κ2) is 8.77. The maximum atomic E-state index is 12.6. The van der Waals surface area contributed by atoms with Gasteiger partial charge >= 0.3 is 0 Å². The first-order valence-corrected chi connectivity index (χ1v) is 9.73. The van der Waals surface area contributed by atoms with Gasteiger partial charge in [-0.25, -0.2) is 0 Å². The number of rotatable bonds is 5. The highest BCUT2D eigenvalue weighted by Gasteiger charge is 2.36. The summed E-state index contributed by atoms with van der Waals surface area (Å²) in [4.78, 5) is 38.0. The number of halogens is 2. The summed E-state index contributed by atoms with van der Waals surface area (Å²) in [6, 6.07) is 9.60. The number of benzene rings is 2. The predicted octanol–water partition coefficient (Wildman–Crippen LogP) is 4.38. The number of nitrogens with zero attached hydrogens (tertiary/aromatic N) is 1. The van der Waals surface area contributed by atoms with E-state index < -0.39 is 23.6 Å². The molecule has 2 aromatic rings. The van der Waals surface area contributed by atoms with Crippen molar-refractivity contribution < 1.29 is 24.2 Å². The first-order chi connectivity index (χ1) is 13.8. The van der Waals surface area contributed by atoms with E-state index in [0.29, 0.717) is 28.8 Å². The van der Waals surface area contributed by atoms with Gasteiger partial charge in [-0.15, -0.1) is 0 Å². The number of amides is 3. The van der Waals surface area contributed by atoms with Crippen LogP contribution in [0.4, 0.5) is 10.5 Å². The molecular formula is C19H14Cl2N2O5S. The summed E-state index contributed by atoms with van der Waals surface area (Å²) < 4.78 is 5.15. The quantitative estimate of drug-likeness (QED) is 0.653. The lowest BCUT2D eigenvalue weighted by Crippen LogP contribution is -2.36. The lowest BCUT2D eigenvalue weighted by Gasteiger charge is -2.14. The van der Waals surface area contributed by atoms with E-state index in [4.69, 9.17) is 27.9 Å². The van der Waals surface area contributed by atoms with Gasteiger partial charge in [0.25, 0.3) is 11.1 Å². The zero-order valence-corrected chi connectivity index (χ0v) is 17.3. The van der Waals surface area contributed by atoms with E-state index in [1.807, 2.05) is 0 Å². The molecule has 0 aliphatic carbocycles. The third kappa shape index (κ3) is 4.67. The van der Waals surface area contributed by atoms with Crippen LogP contribution in [0.5, 0.6) is 11.5 Å². The molecule has 1 fully saturated rings. The molecule has 0 aromatic heterocycles. The van der Waals surface area contributed by atoms with Crippen molar-refractivity contribution in [1.82, 2.24) is 4.90 Å². The normalized spacial score (nSPS) is 15.1. The molecule has 1 aliphatic rings. The fraction of sp³-hybridized carbons (Fsp3) is 0.105. The summed E-state index contributed by atoms with van der Waals surface area (Å²) in [6.07, 6.45) is 1.42. The van der Waals surface area contributed by atoms with Gasteiger partial charge in [0.1, 0.15) is 12.3 Å². The summed E-state index contributed by atoms with van der Waals surface area (Å²) in [6.45, 7) is -0.447. The van der Waals surface area contributed by atoms with Crippen LogP contribution < -0.4 is 10.1 Å². The first kappa shape index (κ1) is 21.0. The maximum absolute atomic E-state index is 12.6. The summed E-state index contributed by atoms with van der Waals surface area (Å²) in [5, 5.41) is 11.7. The van der Waals surface area contributed by atoms with Gasteiger partial charge in [-0.3, -0.25) is 19.3 Å². The number of thioether (sulfide) groups is 1. The Kier molecular flexibility index (Phi) is 6.36. The average molecular weight is 453 g/mol. The molecule has 150 valence electrons. The second-order valence-electron chi connectivity index (χ2n) is 5.85. The van der Waals surface area contributed by atoms with E-state index in [0.717, 1.165) is 4.90 Å². The molecule has 3 rings (SSSR count). The fourth-order valence-corrected chi connectivity index (χ4v) is 3.88. The second-order valence-corrected chi connectivity index (χ2v) is 7.66. The van der Waals surface area contributed by atoms with Crippen LogP contribution in [-0.4, -0.2) is 40.7 Å². The Labute approximate surface area is 180 Å². The highest BCUT2D eigenvalue weighted by molar-refractivity contribution is 8.18. The van der Waals surface area contributed by atoms with Crippen molar-refractivity contribution in [2.75, 3.05) is 19.0 Å². The van der Waals surface area contributed by atoms with Crippen LogP contribution in [0.3, 0.4) is 0 Å². The molecule has 0 spiro atoms. The minimum Gasteiger partial charge on any atom is -0.505 e. The zero-order valence-electron chi connectivity index (χ0n) is 14.9. The molecule has 3 amide bonds. The van der Waals surface area contributed by atoms with Gasteiger partial charge in [-0.05, 0) is 47.7 Å². The van der Waals surface area contributed by atoms with Crippen LogP contribution in [0, 0.1) is 0 Å². The Bertz CT molecular complexity index is 1020. The number of hydrogen-bond donors (Lipinski definition) is 2. The van der Waals surface area contributed by atoms with Gasteiger partial charge in [0.2, 0.25) is 5.91 Å². The third-order valence-electron chi connectivity index (χ3n) is 3.89. The number of aromatic hydroxyl groups is 1. The third-order valence-corrected chi connectivity index (χ3v) is 5.38. The number of methoxy groups -OCH3 is 1. The molecule has 0 unspecified atom stereocenters. The number of carbonyl (C=O) groups is 3. The molecule has 0 bridgehead atoms. The molecule has 1 saturated heterocycles. The van der Waals surface area contributed by atoms with Crippen molar-refractivity contribution in [3.05, 3.63) is 56.9 Å². The minimum absolute atomic E-state index is 0.0131. The van der Waals surface area contributed by atoms with E-state index in [1.54, 1.807) is 24.3 Å². The van der Waals surface area contributed by atoms with Gasteiger partial charge in [-0.1, -0.05) is 35.3 Å². The molecule has 2 aromatic carbocycles. The van der Waals surface area contributed by atoms with E-state index in [2.05, 4.69) is 5.32 Å². The number of hydrogen-bond acceptors (Lipinski definition) is 6. The Morgan fingerprint density at radius 2 is 1.90 bits per heavy atom. The summed E-state index contributed by atoms with van der Waals surface area (Å²) >= 11 is 12.4. The molecule has 0 radical (unpaired) electrons. The zero-order chi connectivity index (χ0) is 21.1. The lowest BCUT2D eigenvalue weighted by molar-refractivity contribution is -0.127. The van der Waals surface area contributed by atoms with Crippen LogP contribution >= 0.6 is 35.0 Å². The van der Waals surface area contributed by atoms with Crippen LogP contribution in [0.1, 0.15) is 5.56 Å². The van der Waals surface area contributed by atoms with E-state index in [1.165, 1.54) is 25.3 Å². The molecule has 0 saturated carbocycles. The molecule has 2 N–H and O–H groups in total. The van der Waals surface area contributed by atoms with E-state index in [-0.39, 0.29) is 20.7 Å². The number of anilines is 1. The molecule has 1 aliphatic heterocycles. The van der Waals surface area contributed by atoms with Crippen LogP contribution in [0.2, 0.25) is 10.0 Å². The summed E-state index contributed by atoms with van der Waals surface area (Å²) in [5.74, 6) is -0.980. The average Bonchev–Trinajstić information content (AvgIpc) is 2.93. The van der Waals surface area contributed by atoms with Crippen molar-refractivity contribution in [2.45, 2.75) is 0 Å². The lowest BCUT2D eigenvalue weighted by atomic mass is 10.2. The van der Waals surface area contributed by atoms with Crippen molar-refractivity contribution in [2.24, 2.45) is 0 Å². The number of para-hydroxylation sites is 2. The number of carbonyl (C=O) groups excluding carboxylic acids is 3. The molecular weight excluding hydrogens is 439 g/mol. The summed E-state index contributed by atoms with van der Waals surface area (Å²) in [5.41, 5.74) is 0.859. The summed E-state index contributed by atoms with van der Waals surface area (Å²) in [7, 11) is 1.47. The smallest absolute Gasteiger partial charge is 0.294 e. The largest absolute Gasteiger partial charge is 0.505 e. The molecule has 1 heterocycles. The van der Waals surface area contributed by atoms with Crippen molar-refractivity contribution in [1.29, 1.82) is 0 Å². The first-order valence-electron chi connectivity index (χ1n) is 8.16. The van der Waals surface area contributed by atoms with Crippen LogP contribution in [0.15, 0.2) is 41.3 Å². The number of imide groups is 1. The van der Waals surface area contributed by atoms with Gasteiger partial charge in [0.15, 0.2) is 5.75 Å². The van der Waals surface area contributed by atoms with Gasteiger partial charge in [-0.2, -0.15) is 0 Å². The van der Waals surface area contributed by atoms with Crippen molar-refractivity contribution in [3.63, 3.8) is 0 Å². The van der Waals surface area contributed by atoms with Crippen LogP contribution in [-0.2, 0) is 9.59 Å². The highest BCUT2D eigenvalue weighted by Crippen LogP contribution is 2.36. The van der Waals surface area contributed by atoms with Gasteiger partial charge in [0, 0.05) is 0 Å². The Morgan fingerprint density at radius 1 is 1.24 bits per heavy atom. The monoisotopic (exact) mass is 452 g/mol. The minimum atomic E-state index is -0.615. The SMILES string of the molecule is COc1ccccc1NC(=O)CN1C(=O)S/C(=C\c2cc(Cl)c(O)c(Cl)c2)C1=O. The van der Waals surface area contributed by atoms with Gasteiger partial charge in [0.05, 0.1) is 27.7 Å². The van der Waals surface area contributed by atoms with Gasteiger partial charge < -0.3 is 15.2 Å². The number of ether oxygens (including phenoxy) is 1. The fourth-order valence-electron chi connectivity index (χ4n) is 2.54. The van der Waals surface area contributed by atoms with Crippen LogP contribution in [0.25, 0.3) is 6.08 Å². The van der Waals surface area contributed by atoms with E-state index >= 15 is 0 Å². The van der Waals surface area contributed by atoms with Crippen molar-refractivity contribution in [3.8, 4) is 11.5 Å². The topological polar surface area (TPSA) is 95.9 Å². The number of phenolic OH excluding ortho intramolecular Hbond substituents is 1. The maximum Gasteiger partial charge on any atom is 0.294 e. The number of phenols is 1. The Balaban J connectivity index is 1.74. The molecule has 7 nitrogen and oxygen atoms in total. The molecule has 10 heteroatoms. The van der Waals surface area contributed by atoms with Crippen molar-refractivity contribution >= 4 is 63.8 Å². The highest BCUT2D eigenvalue weighted by atomic mass is 35.5. The molecule has 29 heavy (non-hydrogen) atoms. The molecule has 0 atom stereocenters. The predicted molar refractivity (Wildman–Crippen MR) is 112 cm³/mol. The number of nitrogens with one attached hydrogen (secondary N) is 1. The Hall–Kier alpha value is -2.68. The Morgan fingerprint density at radius 3 is 2.55 bits per heavy atom. The standard InChI is InChI=1S/C19H14Cl2N2O5S/c1-28-14-5-3-2-4-13(14)22-16(24)9-23-18(26)15(29-19(23)27)8-10-6-11(20)17(25)12(21)7-10/h2-8,25H,9H2,1H3,(H,22,24)/b15-8-.